The van der Waals surface area contributed by atoms with E-state index in [1.165, 1.54) is 0 Å². The molecule has 160 valence electrons. The van der Waals surface area contributed by atoms with Gasteiger partial charge < -0.3 is 14.6 Å². The third-order valence-corrected chi connectivity index (χ3v) is 5.78. The molecule has 0 saturated carbocycles. The highest BCUT2D eigenvalue weighted by atomic mass is 35.5. The van der Waals surface area contributed by atoms with Crippen molar-refractivity contribution < 1.29 is 19.4 Å². The number of carbonyl (C=O) groups is 1. The number of carboxylic acid groups (broad SMARTS) is 1. The summed E-state index contributed by atoms with van der Waals surface area (Å²) in [5, 5.41) is 9.25. The molecular formula is C25H23ClO4S. The Morgan fingerprint density at radius 3 is 2.29 bits per heavy atom. The Kier molecular flexibility index (Phi) is 8.44. The summed E-state index contributed by atoms with van der Waals surface area (Å²) in [5.74, 6) is 0.978. The van der Waals surface area contributed by atoms with Crippen LogP contribution in [-0.4, -0.2) is 30.0 Å². The Morgan fingerprint density at radius 2 is 1.65 bits per heavy atom. The van der Waals surface area contributed by atoms with Crippen LogP contribution in [0.15, 0.2) is 83.8 Å². The van der Waals surface area contributed by atoms with Gasteiger partial charge in [0.1, 0.15) is 11.5 Å². The topological polar surface area (TPSA) is 55.8 Å². The lowest BCUT2D eigenvalue weighted by Crippen LogP contribution is -2.09. The van der Waals surface area contributed by atoms with E-state index in [1.54, 1.807) is 23.9 Å². The lowest BCUT2D eigenvalue weighted by atomic mass is 9.98. The van der Waals surface area contributed by atoms with E-state index in [9.17, 15) is 4.79 Å². The summed E-state index contributed by atoms with van der Waals surface area (Å²) in [6.07, 6.45) is 2.18. The van der Waals surface area contributed by atoms with Gasteiger partial charge in [-0.05, 0) is 54.0 Å². The quantitative estimate of drug-likeness (QED) is 0.358. The van der Waals surface area contributed by atoms with Crippen LogP contribution in [0.5, 0.6) is 11.5 Å². The van der Waals surface area contributed by atoms with Gasteiger partial charge in [0, 0.05) is 10.6 Å². The largest absolute Gasteiger partial charge is 0.494 e. The van der Waals surface area contributed by atoms with Gasteiger partial charge in [-0.1, -0.05) is 60.1 Å². The van der Waals surface area contributed by atoms with Crippen LogP contribution in [0.4, 0.5) is 0 Å². The minimum Gasteiger partial charge on any atom is -0.494 e. The second-order valence-corrected chi connectivity index (χ2v) is 8.00. The van der Waals surface area contributed by atoms with Gasteiger partial charge in [-0.25, -0.2) is 4.79 Å². The Morgan fingerprint density at radius 1 is 0.968 bits per heavy atom. The van der Waals surface area contributed by atoms with Crippen LogP contribution in [0.1, 0.15) is 18.1 Å². The van der Waals surface area contributed by atoms with Crippen LogP contribution in [0.3, 0.4) is 0 Å². The van der Waals surface area contributed by atoms with Crippen molar-refractivity contribution in [1.29, 1.82) is 0 Å². The van der Waals surface area contributed by atoms with Gasteiger partial charge in [0.15, 0.2) is 6.61 Å². The summed E-state index contributed by atoms with van der Waals surface area (Å²) in [6, 6.07) is 23.5. The smallest absolute Gasteiger partial charge is 0.341 e. The van der Waals surface area contributed by atoms with Gasteiger partial charge in [0.25, 0.3) is 0 Å². The molecule has 31 heavy (non-hydrogen) atoms. The molecule has 0 unspecified atom stereocenters. The van der Waals surface area contributed by atoms with Crippen molar-refractivity contribution >= 4 is 34.9 Å². The summed E-state index contributed by atoms with van der Waals surface area (Å²) < 4.78 is 10.7. The van der Waals surface area contributed by atoms with Crippen molar-refractivity contribution in [2.45, 2.75) is 11.8 Å². The summed E-state index contributed by atoms with van der Waals surface area (Å²) in [6.45, 7) is 2.21. The Bertz CT molecular complexity index is 1030. The van der Waals surface area contributed by atoms with Crippen LogP contribution in [0.2, 0.25) is 5.02 Å². The second kappa shape index (κ2) is 11.5. The molecule has 0 spiro atoms. The first-order valence-corrected chi connectivity index (χ1v) is 11.2. The van der Waals surface area contributed by atoms with E-state index in [0.717, 1.165) is 27.3 Å². The third-order valence-electron chi connectivity index (χ3n) is 4.35. The van der Waals surface area contributed by atoms with Crippen LogP contribution in [0, 0.1) is 0 Å². The SMILES string of the molecule is CCOc1ccc(/C(=C\CSc2ccc(OCC(=O)O)cc2Cl)c2ccccc2)cc1. The number of thioether (sulfide) groups is 1. The summed E-state index contributed by atoms with van der Waals surface area (Å²) in [4.78, 5) is 11.5. The van der Waals surface area contributed by atoms with E-state index in [2.05, 4.69) is 30.3 Å². The molecule has 0 heterocycles. The first-order valence-electron chi connectivity index (χ1n) is 9.82. The zero-order valence-electron chi connectivity index (χ0n) is 17.1. The normalized spacial score (nSPS) is 11.2. The molecule has 0 saturated heterocycles. The number of carboxylic acids is 1. The van der Waals surface area contributed by atoms with Gasteiger partial charge in [-0.15, -0.1) is 11.8 Å². The Balaban J connectivity index is 1.76. The molecular weight excluding hydrogens is 432 g/mol. The van der Waals surface area contributed by atoms with Crippen molar-refractivity contribution in [1.82, 2.24) is 0 Å². The lowest BCUT2D eigenvalue weighted by Gasteiger charge is -2.11. The van der Waals surface area contributed by atoms with Gasteiger partial charge in [0.05, 0.1) is 11.6 Å². The van der Waals surface area contributed by atoms with Crippen LogP contribution >= 0.6 is 23.4 Å². The van der Waals surface area contributed by atoms with E-state index in [4.69, 9.17) is 26.2 Å². The summed E-state index contributed by atoms with van der Waals surface area (Å²) in [5.41, 5.74) is 3.38. The maximum atomic E-state index is 10.6. The number of rotatable bonds is 10. The summed E-state index contributed by atoms with van der Waals surface area (Å²) in [7, 11) is 0. The van der Waals surface area contributed by atoms with E-state index in [0.29, 0.717) is 23.1 Å². The maximum Gasteiger partial charge on any atom is 0.341 e. The molecule has 3 rings (SSSR count). The summed E-state index contributed by atoms with van der Waals surface area (Å²) >= 11 is 7.96. The van der Waals surface area contributed by atoms with E-state index < -0.39 is 12.6 Å². The molecule has 0 amide bonds. The predicted molar refractivity (Wildman–Crippen MR) is 126 cm³/mol. The fourth-order valence-corrected chi connectivity index (χ4v) is 4.09. The number of aliphatic carboxylic acids is 1. The Labute approximate surface area is 191 Å². The molecule has 6 heteroatoms. The van der Waals surface area contributed by atoms with E-state index in [-0.39, 0.29) is 0 Å². The number of benzene rings is 3. The molecule has 0 radical (unpaired) electrons. The molecule has 3 aromatic carbocycles. The molecule has 0 aromatic heterocycles. The monoisotopic (exact) mass is 454 g/mol. The zero-order valence-corrected chi connectivity index (χ0v) is 18.7. The first kappa shape index (κ1) is 22.8. The van der Waals surface area contributed by atoms with Crippen LogP contribution in [-0.2, 0) is 4.79 Å². The zero-order chi connectivity index (χ0) is 22.1. The average molecular weight is 455 g/mol. The van der Waals surface area contributed by atoms with Crippen molar-refractivity contribution in [3.05, 3.63) is 95.0 Å². The highest BCUT2D eigenvalue weighted by molar-refractivity contribution is 7.99. The third kappa shape index (κ3) is 6.81. The first-order chi connectivity index (χ1) is 15.1. The van der Waals surface area contributed by atoms with Crippen LogP contribution < -0.4 is 9.47 Å². The molecule has 0 aliphatic rings. The molecule has 3 aromatic rings. The standard InChI is InChI=1S/C25H23ClO4S/c1-2-29-20-10-8-19(9-11-20)22(18-6-4-3-5-7-18)14-15-31-24-13-12-21(16-23(24)26)30-17-25(27)28/h3-14,16H,2,15,17H2,1H3,(H,27,28)/b22-14-. The Hall–Kier alpha value is -2.89. The highest BCUT2D eigenvalue weighted by Crippen LogP contribution is 2.32. The molecule has 0 atom stereocenters. The van der Waals surface area contributed by atoms with Crippen molar-refractivity contribution in [2.75, 3.05) is 19.0 Å². The fraction of sp³-hybridized carbons (Fsp3) is 0.160. The predicted octanol–water partition coefficient (Wildman–Crippen LogP) is 6.43. The molecule has 0 bridgehead atoms. The number of ether oxygens (including phenoxy) is 2. The molecule has 0 aliphatic carbocycles. The highest BCUT2D eigenvalue weighted by Gasteiger charge is 2.08. The number of hydrogen-bond acceptors (Lipinski definition) is 4. The number of halogens is 1. The molecule has 1 N–H and O–H groups in total. The molecule has 0 fully saturated rings. The minimum atomic E-state index is -1.03. The van der Waals surface area contributed by atoms with Gasteiger partial charge in [0.2, 0.25) is 0 Å². The van der Waals surface area contributed by atoms with Gasteiger partial charge in [-0.2, -0.15) is 0 Å². The van der Waals surface area contributed by atoms with Gasteiger partial charge >= 0.3 is 5.97 Å². The second-order valence-electron chi connectivity index (χ2n) is 6.53. The molecule has 4 nitrogen and oxygen atoms in total. The molecule has 0 aliphatic heterocycles. The van der Waals surface area contributed by atoms with E-state index >= 15 is 0 Å². The van der Waals surface area contributed by atoms with Crippen molar-refractivity contribution in [2.24, 2.45) is 0 Å². The lowest BCUT2D eigenvalue weighted by molar-refractivity contribution is -0.139. The maximum absolute atomic E-state index is 10.6. The fourth-order valence-electron chi connectivity index (χ4n) is 2.97. The van der Waals surface area contributed by atoms with Crippen molar-refractivity contribution in [3.63, 3.8) is 0 Å². The van der Waals surface area contributed by atoms with Crippen LogP contribution in [0.25, 0.3) is 5.57 Å². The minimum absolute atomic E-state index is 0.395. The average Bonchev–Trinajstić information content (AvgIpc) is 2.78. The van der Waals surface area contributed by atoms with Gasteiger partial charge in [-0.3, -0.25) is 0 Å². The van der Waals surface area contributed by atoms with Crippen molar-refractivity contribution in [3.8, 4) is 11.5 Å². The van der Waals surface area contributed by atoms with E-state index in [1.807, 2.05) is 43.3 Å². The number of hydrogen-bond donors (Lipinski definition) is 1.